The van der Waals surface area contributed by atoms with Crippen LogP contribution in [-0.2, 0) is 6.42 Å². The van der Waals surface area contributed by atoms with Crippen molar-refractivity contribution >= 4 is 27.4 Å². The smallest absolute Gasteiger partial charge is 0.287 e. The Bertz CT molecular complexity index is 768. The van der Waals surface area contributed by atoms with Gasteiger partial charge >= 0.3 is 0 Å². The molecule has 0 aliphatic heterocycles. The van der Waals surface area contributed by atoms with E-state index in [0.717, 1.165) is 36.3 Å². The van der Waals surface area contributed by atoms with Crippen LogP contribution in [-0.4, -0.2) is 52.6 Å². The predicted octanol–water partition coefficient (Wildman–Crippen LogP) is 2.13. The van der Waals surface area contributed by atoms with Gasteiger partial charge < -0.3 is 20.4 Å². The first-order valence-electron chi connectivity index (χ1n) is 9.64. The molecule has 0 amide bonds. The molecule has 4 rings (SSSR count). The Hall–Kier alpha value is -1.28. The molecule has 2 aromatic heterocycles. The molecule has 2 aromatic rings. The van der Waals surface area contributed by atoms with Crippen molar-refractivity contribution in [3.63, 3.8) is 0 Å². The Morgan fingerprint density at radius 3 is 2.73 bits per heavy atom. The second-order valence-electron chi connectivity index (χ2n) is 7.96. The normalized spacial score (nSPS) is 26.0. The van der Waals surface area contributed by atoms with E-state index in [1.54, 1.807) is 17.7 Å². The number of fused-ring (bicyclic) bond motifs is 3. The first kappa shape index (κ1) is 18.1. The number of aryl methyl sites for hydroxylation is 1. The first-order valence-corrected chi connectivity index (χ1v) is 10.5. The molecule has 7 heteroatoms. The SMILES string of the molecule is CN(C)C1CCC(Nc2nc[nH+]c3sc4c(c23)C(CC(O)O)CC4)CC1. The number of anilines is 1. The van der Waals surface area contributed by atoms with Crippen LogP contribution in [0.5, 0.6) is 0 Å². The Morgan fingerprint density at radius 1 is 1.27 bits per heavy atom. The van der Waals surface area contributed by atoms with E-state index < -0.39 is 6.29 Å². The zero-order valence-electron chi connectivity index (χ0n) is 15.5. The van der Waals surface area contributed by atoms with Gasteiger partial charge in [-0.2, -0.15) is 0 Å². The number of aliphatic hydroxyl groups excluding tert-OH is 1. The van der Waals surface area contributed by atoms with Crippen molar-refractivity contribution in [3.05, 3.63) is 16.8 Å². The second-order valence-corrected chi connectivity index (χ2v) is 9.06. The monoisotopic (exact) mass is 377 g/mol. The number of aromatic nitrogens is 2. The topological polar surface area (TPSA) is 82.8 Å². The highest BCUT2D eigenvalue weighted by molar-refractivity contribution is 7.18. The average molecular weight is 378 g/mol. The van der Waals surface area contributed by atoms with Crippen LogP contribution in [0, 0.1) is 0 Å². The van der Waals surface area contributed by atoms with Crippen molar-refractivity contribution in [2.45, 2.75) is 69.2 Å². The van der Waals surface area contributed by atoms with Gasteiger partial charge in [0.2, 0.25) is 0 Å². The molecule has 0 bridgehead atoms. The molecular formula is C19H29N4O2S+. The molecule has 0 saturated heterocycles. The third-order valence-electron chi connectivity index (χ3n) is 6.04. The fraction of sp³-hybridized carbons (Fsp3) is 0.684. The van der Waals surface area contributed by atoms with Gasteiger partial charge in [0.15, 0.2) is 11.1 Å². The number of aliphatic hydroxyl groups is 2. The molecule has 0 aromatic carbocycles. The van der Waals surface area contributed by atoms with Crippen molar-refractivity contribution in [2.75, 3.05) is 19.4 Å². The summed E-state index contributed by atoms with van der Waals surface area (Å²) in [6.45, 7) is 0. The summed E-state index contributed by atoms with van der Waals surface area (Å²) in [6.07, 6.45) is 7.70. The highest BCUT2D eigenvalue weighted by Gasteiger charge is 2.33. The zero-order chi connectivity index (χ0) is 18.3. The van der Waals surface area contributed by atoms with Gasteiger partial charge in [0.1, 0.15) is 5.39 Å². The van der Waals surface area contributed by atoms with Crippen LogP contribution in [0.25, 0.3) is 10.2 Å². The van der Waals surface area contributed by atoms with Crippen LogP contribution in [0.2, 0.25) is 0 Å². The van der Waals surface area contributed by atoms with Gasteiger partial charge in [0.25, 0.3) is 12.1 Å². The maximum Gasteiger partial charge on any atom is 0.287 e. The van der Waals surface area contributed by atoms with Crippen molar-refractivity contribution < 1.29 is 15.2 Å². The van der Waals surface area contributed by atoms with Gasteiger partial charge in [0.05, 0.1) is 0 Å². The van der Waals surface area contributed by atoms with Crippen LogP contribution in [0.3, 0.4) is 0 Å². The summed E-state index contributed by atoms with van der Waals surface area (Å²) in [6, 6.07) is 1.15. The molecule has 26 heavy (non-hydrogen) atoms. The molecule has 1 fully saturated rings. The van der Waals surface area contributed by atoms with Crippen molar-refractivity contribution in [1.29, 1.82) is 0 Å². The lowest BCUT2D eigenvalue weighted by Gasteiger charge is -2.32. The van der Waals surface area contributed by atoms with Gasteiger partial charge in [-0.25, -0.2) is 4.98 Å². The number of rotatable bonds is 5. The summed E-state index contributed by atoms with van der Waals surface area (Å²) in [5.74, 6) is 1.17. The Kier molecular flexibility index (Phi) is 5.14. The lowest BCUT2D eigenvalue weighted by Crippen LogP contribution is -2.36. The van der Waals surface area contributed by atoms with E-state index in [0.29, 0.717) is 18.5 Å². The first-order chi connectivity index (χ1) is 12.5. The van der Waals surface area contributed by atoms with Crippen LogP contribution in [0.4, 0.5) is 5.82 Å². The number of nitrogens with one attached hydrogen (secondary N) is 2. The van der Waals surface area contributed by atoms with Crippen LogP contribution in [0.1, 0.15) is 54.9 Å². The molecule has 1 saturated carbocycles. The van der Waals surface area contributed by atoms with Crippen LogP contribution >= 0.6 is 11.3 Å². The van der Waals surface area contributed by atoms with E-state index in [4.69, 9.17) is 0 Å². The van der Waals surface area contributed by atoms with Gasteiger partial charge in [-0.1, -0.05) is 11.3 Å². The summed E-state index contributed by atoms with van der Waals surface area (Å²) in [5, 5.41) is 23.8. The summed E-state index contributed by atoms with van der Waals surface area (Å²) >= 11 is 1.79. The number of hydrogen-bond donors (Lipinski definition) is 3. The maximum absolute atomic E-state index is 9.46. The summed E-state index contributed by atoms with van der Waals surface area (Å²) in [7, 11) is 4.34. The lowest BCUT2D eigenvalue weighted by atomic mass is 9.90. The van der Waals surface area contributed by atoms with E-state index in [9.17, 15) is 10.2 Å². The van der Waals surface area contributed by atoms with Crippen molar-refractivity contribution in [3.8, 4) is 0 Å². The number of H-pyrrole nitrogens is 1. The quantitative estimate of drug-likeness (QED) is 0.696. The molecule has 2 aliphatic rings. The van der Waals surface area contributed by atoms with Gasteiger partial charge in [-0.05, 0) is 69.1 Å². The Labute approximate surface area is 158 Å². The average Bonchev–Trinajstić information content (AvgIpc) is 3.15. The van der Waals surface area contributed by atoms with E-state index in [2.05, 4.69) is 34.3 Å². The van der Waals surface area contributed by atoms with Gasteiger partial charge in [-0.3, -0.25) is 0 Å². The van der Waals surface area contributed by atoms with Crippen LogP contribution in [0.15, 0.2) is 6.33 Å². The predicted molar refractivity (Wildman–Crippen MR) is 103 cm³/mol. The third kappa shape index (κ3) is 3.45. The minimum Gasteiger partial charge on any atom is -0.368 e. The third-order valence-corrected chi connectivity index (χ3v) is 7.24. The van der Waals surface area contributed by atoms with E-state index in [1.165, 1.54) is 28.7 Å². The lowest BCUT2D eigenvalue weighted by molar-refractivity contribution is -0.346. The largest absolute Gasteiger partial charge is 0.368 e. The molecule has 0 spiro atoms. The fourth-order valence-electron chi connectivity index (χ4n) is 4.64. The highest BCUT2D eigenvalue weighted by Crippen LogP contribution is 2.46. The van der Waals surface area contributed by atoms with Gasteiger partial charge in [0, 0.05) is 23.4 Å². The van der Waals surface area contributed by atoms with Crippen LogP contribution < -0.4 is 10.3 Å². The number of thiophene rings is 1. The minimum atomic E-state index is -1.25. The second kappa shape index (κ2) is 7.38. The van der Waals surface area contributed by atoms with E-state index in [1.807, 2.05) is 0 Å². The molecule has 4 N–H and O–H groups in total. The molecule has 1 atom stereocenters. The van der Waals surface area contributed by atoms with E-state index in [-0.39, 0.29) is 5.92 Å². The molecule has 2 heterocycles. The Morgan fingerprint density at radius 2 is 2.04 bits per heavy atom. The zero-order valence-corrected chi connectivity index (χ0v) is 16.4. The molecule has 0 radical (unpaired) electrons. The highest BCUT2D eigenvalue weighted by atomic mass is 32.1. The summed E-state index contributed by atoms with van der Waals surface area (Å²) < 4.78 is 0. The molecular weight excluding hydrogens is 348 g/mol. The van der Waals surface area contributed by atoms with Gasteiger partial charge in [-0.15, -0.1) is 0 Å². The fourth-order valence-corrected chi connectivity index (χ4v) is 5.91. The molecule has 1 unspecified atom stereocenters. The summed E-state index contributed by atoms with van der Waals surface area (Å²) in [5.41, 5.74) is 1.28. The number of aromatic amines is 1. The minimum absolute atomic E-state index is 0.210. The number of hydrogen-bond acceptors (Lipinski definition) is 6. The molecule has 142 valence electrons. The van der Waals surface area contributed by atoms with E-state index >= 15 is 0 Å². The molecule has 2 aliphatic carbocycles. The van der Waals surface area contributed by atoms with Crippen molar-refractivity contribution in [2.24, 2.45) is 0 Å². The summed E-state index contributed by atoms with van der Waals surface area (Å²) in [4.78, 5) is 12.8. The van der Waals surface area contributed by atoms with Crippen molar-refractivity contribution in [1.82, 2.24) is 9.88 Å². The number of nitrogens with zero attached hydrogens (tertiary/aromatic N) is 2. The standard InChI is InChI=1S/C19H28N4O2S/c1-23(2)13-6-4-12(5-7-13)22-18-17-16-11(9-15(24)25)3-8-14(16)26-19(17)21-10-20-18/h10-13,15,24-25H,3-9H2,1-2H3,(H,20,21,22)/p+1. The maximum atomic E-state index is 9.46. The Balaban J connectivity index is 1.58. The molecule has 6 nitrogen and oxygen atoms in total.